The molecule has 3 aromatic rings. The predicted octanol–water partition coefficient (Wildman–Crippen LogP) is 6.02. The number of halogens is 2. The van der Waals surface area contributed by atoms with Gasteiger partial charge in [0.25, 0.3) is 0 Å². The van der Waals surface area contributed by atoms with Gasteiger partial charge in [-0.2, -0.15) is 0 Å². The van der Waals surface area contributed by atoms with Crippen molar-refractivity contribution in [1.82, 2.24) is 15.2 Å². The molecule has 1 fully saturated rings. The van der Waals surface area contributed by atoms with Crippen LogP contribution in [0.1, 0.15) is 26.2 Å². The third-order valence-corrected chi connectivity index (χ3v) is 6.95. The zero-order valence-electron chi connectivity index (χ0n) is 20.5. The molecule has 192 valence electrons. The van der Waals surface area contributed by atoms with Gasteiger partial charge in [-0.1, -0.05) is 36.2 Å². The fourth-order valence-corrected chi connectivity index (χ4v) is 4.57. The summed E-state index contributed by atoms with van der Waals surface area (Å²) >= 11 is 12.5. The number of hydrogen-bond acceptors (Lipinski definition) is 6. The second kappa shape index (κ2) is 13.0. The molecule has 1 amide bonds. The lowest BCUT2D eigenvalue weighted by atomic mass is 10.2. The average molecular weight is 531 g/mol. The van der Waals surface area contributed by atoms with Gasteiger partial charge in [0.15, 0.2) is 0 Å². The minimum absolute atomic E-state index is 0.269. The maximum absolute atomic E-state index is 11.8. The van der Waals surface area contributed by atoms with Crippen LogP contribution in [0.25, 0.3) is 10.9 Å². The number of amides is 1. The Kier molecular flexibility index (Phi) is 9.50. The van der Waals surface area contributed by atoms with E-state index in [2.05, 4.69) is 20.1 Å². The minimum atomic E-state index is -0.495. The third-order valence-electron chi connectivity index (χ3n) is 6.14. The number of aromatic nitrogens is 1. The minimum Gasteiger partial charge on any atom is -0.494 e. The fraction of sp³-hybridized carbons (Fsp3) is 0.407. The summed E-state index contributed by atoms with van der Waals surface area (Å²) in [6.45, 7) is 8.11. The van der Waals surface area contributed by atoms with E-state index in [1.54, 1.807) is 6.07 Å². The SMILES string of the molecule is CCCNC(=O)Oc1ccc2ccc(OCCCCN3CCN(c4cccc(Cl)c4Cl)CC3)cc2n1. The van der Waals surface area contributed by atoms with Crippen molar-refractivity contribution in [3.63, 3.8) is 0 Å². The van der Waals surface area contributed by atoms with Crippen LogP contribution in [-0.2, 0) is 0 Å². The van der Waals surface area contributed by atoms with Gasteiger partial charge in [-0.15, -0.1) is 0 Å². The molecule has 1 aromatic heterocycles. The first-order valence-electron chi connectivity index (χ1n) is 12.4. The number of nitrogens with zero attached hydrogens (tertiary/aromatic N) is 3. The van der Waals surface area contributed by atoms with Crippen molar-refractivity contribution in [2.24, 2.45) is 0 Å². The number of anilines is 1. The highest BCUT2D eigenvalue weighted by Crippen LogP contribution is 2.33. The summed E-state index contributed by atoms with van der Waals surface area (Å²) in [5.74, 6) is 1.03. The van der Waals surface area contributed by atoms with Crippen molar-refractivity contribution in [2.45, 2.75) is 26.2 Å². The second-order valence-corrected chi connectivity index (χ2v) is 9.56. The third kappa shape index (κ3) is 7.15. The molecule has 0 unspecified atom stereocenters. The van der Waals surface area contributed by atoms with E-state index >= 15 is 0 Å². The van der Waals surface area contributed by atoms with Gasteiger partial charge in [-0.05, 0) is 56.1 Å². The van der Waals surface area contributed by atoms with Crippen LogP contribution < -0.4 is 19.7 Å². The Labute approximate surface area is 222 Å². The largest absolute Gasteiger partial charge is 0.494 e. The number of hydrogen-bond donors (Lipinski definition) is 1. The van der Waals surface area contributed by atoms with Crippen LogP contribution in [0.2, 0.25) is 10.0 Å². The quantitative estimate of drug-likeness (QED) is 0.323. The number of benzene rings is 2. The van der Waals surface area contributed by atoms with E-state index in [9.17, 15) is 4.79 Å². The Morgan fingerprint density at radius 3 is 2.67 bits per heavy atom. The Morgan fingerprint density at radius 1 is 1.06 bits per heavy atom. The number of carbonyl (C=O) groups is 1. The summed E-state index contributed by atoms with van der Waals surface area (Å²) in [6, 6.07) is 15.2. The van der Waals surface area contributed by atoms with Crippen LogP contribution in [0, 0.1) is 0 Å². The zero-order valence-corrected chi connectivity index (χ0v) is 22.0. The van der Waals surface area contributed by atoms with Gasteiger partial charge in [-0.25, -0.2) is 9.78 Å². The normalized spacial score (nSPS) is 14.1. The zero-order chi connectivity index (χ0) is 25.3. The van der Waals surface area contributed by atoms with Crippen LogP contribution in [-0.4, -0.2) is 61.9 Å². The summed E-state index contributed by atoms with van der Waals surface area (Å²) in [6.07, 6.45) is 2.38. The number of fused-ring (bicyclic) bond motifs is 1. The molecule has 2 aromatic carbocycles. The molecule has 0 atom stereocenters. The molecule has 0 spiro atoms. The molecule has 4 rings (SSSR count). The molecular formula is C27H32Cl2N4O3. The van der Waals surface area contributed by atoms with Gasteiger partial charge in [0.2, 0.25) is 5.88 Å². The fourth-order valence-electron chi connectivity index (χ4n) is 4.16. The Balaban J connectivity index is 1.18. The summed E-state index contributed by atoms with van der Waals surface area (Å²) in [4.78, 5) is 21.0. The van der Waals surface area contributed by atoms with Crippen LogP contribution in [0.5, 0.6) is 11.6 Å². The smallest absolute Gasteiger partial charge is 0.413 e. The molecule has 0 saturated carbocycles. The molecular weight excluding hydrogens is 499 g/mol. The van der Waals surface area contributed by atoms with E-state index in [-0.39, 0.29) is 5.88 Å². The summed E-state index contributed by atoms with van der Waals surface area (Å²) in [7, 11) is 0. The maximum atomic E-state index is 11.8. The van der Waals surface area contributed by atoms with Crippen LogP contribution in [0.4, 0.5) is 10.5 Å². The van der Waals surface area contributed by atoms with Gasteiger partial charge < -0.3 is 19.7 Å². The van der Waals surface area contributed by atoms with Gasteiger partial charge in [-0.3, -0.25) is 4.90 Å². The highest BCUT2D eigenvalue weighted by molar-refractivity contribution is 6.43. The van der Waals surface area contributed by atoms with Crippen molar-refractivity contribution in [3.8, 4) is 11.6 Å². The molecule has 9 heteroatoms. The first kappa shape index (κ1) is 26.3. The molecule has 0 bridgehead atoms. The number of rotatable bonds is 10. The Bertz CT molecular complexity index is 1170. The van der Waals surface area contributed by atoms with Gasteiger partial charge in [0.05, 0.1) is 27.9 Å². The van der Waals surface area contributed by atoms with Crippen molar-refractivity contribution in [2.75, 3.05) is 50.8 Å². The molecule has 0 radical (unpaired) electrons. The Hall–Kier alpha value is -2.74. The summed E-state index contributed by atoms with van der Waals surface area (Å²) < 4.78 is 11.2. The highest BCUT2D eigenvalue weighted by Gasteiger charge is 2.19. The van der Waals surface area contributed by atoms with E-state index in [0.717, 1.165) is 74.3 Å². The van der Waals surface area contributed by atoms with E-state index in [0.29, 0.717) is 23.2 Å². The van der Waals surface area contributed by atoms with E-state index in [1.165, 1.54) is 0 Å². The van der Waals surface area contributed by atoms with E-state index in [1.807, 2.05) is 49.4 Å². The molecule has 0 aliphatic carbocycles. The second-order valence-electron chi connectivity index (χ2n) is 8.78. The molecule has 36 heavy (non-hydrogen) atoms. The Morgan fingerprint density at radius 2 is 1.86 bits per heavy atom. The van der Waals surface area contributed by atoms with Gasteiger partial charge in [0.1, 0.15) is 5.75 Å². The van der Waals surface area contributed by atoms with Crippen LogP contribution >= 0.6 is 23.2 Å². The average Bonchev–Trinajstić information content (AvgIpc) is 2.89. The lowest BCUT2D eigenvalue weighted by molar-refractivity contribution is 0.199. The monoisotopic (exact) mass is 530 g/mol. The van der Waals surface area contributed by atoms with Crippen molar-refractivity contribution >= 4 is 45.9 Å². The van der Waals surface area contributed by atoms with Crippen molar-refractivity contribution in [1.29, 1.82) is 0 Å². The van der Waals surface area contributed by atoms with E-state index < -0.39 is 6.09 Å². The maximum Gasteiger partial charge on any atom is 0.413 e. The standard InChI is InChI=1S/C27H32Cl2N4O3/c1-2-12-30-27(34)36-25-11-9-20-8-10-21(19-23(20)31-25)35-18-4-3-13-32-14-16-33(17-15-32)24-7-5-6-22(28)26(24)29/h5-11,19H,2-4,12-18H2,1H3,(H,30,34). The first-order valence-corrected chi connectivity index (χ1v) is 13.2. The number of ether oxygens (including phenoxy) is 2. The number of nitrogens with one attached hydrogen (secondary N) is 1. The topological polar surface area (TPSA) is 66.9 Å². The van der Waals surface area contributed by atoms with E-state index in [4.69, 9.17) is 32.7 Å². The number of carbonyl (C=O) groups excluding carboxylic acids is 1. The number of unbranched alkanes of at least 4 members (excludes halogenated alkanes) is 1. The van der Waals surface area contributed by atoms with Gasteiger partial charge in [0, 0.05) is 50.2 Å². The lowest BCUT2D eigenvalue weighted by Gasteiger charge is -2.36. The van der Waals surface area contributed by atoms with Crippen LogP contribution in [0.15, 0.2) is 48.5 Å². The molecule has 1 saturated heterocycles. The first-order chi connectivity index (χ1) is 17.5. The van der Waals surface area contributed by atoms with Gasteiger partial charge >= 0.3 is 6.09 Å². The molecule has 7 nitrogen and oxygen atoms in total. The van der Waals surface area contributed by atoms with Crippen LogP contribution in [0.3, 0.4) is 0 Å². The van der Waals surface area contributed by atoms with Crippen molar-refractivity contribution in [3.05, 3.63) is 58.6 Å². The summed E-state index contributed by atoms with van der Waals surface area (Å²) in [5.41, 5.74) is 1.74. The molecule has 1 aliphatic rings. The van der Waals surface area contributed by atoms with Crippen molar-refractivity contribution < 1.29 is 14.3 Å². The highest BCUT2D eigenvalue weighted by atomic mass is 35.5. The number of pyridine rings is 1. The number of piperazine rings is 1. The lowest BCUT2D eigenvalue weighted by Crippen LogP contribution is -2.46. The predicted molar refractivity (Wildman–Crippen MR) is 146 cm³/mol. The molecule has 1 aliphatic heterocycles. The molecule has 1 N–H and O–H groups in total. The summed E-state index contributed by atoms with van der Waals surface area (Å²) in [5, 5.41) is 4.87. The molecule has 2 heterocycles.